The van der Waals surface area contributed by atoms with Gasteiger partial charge in [0.05, 0.1) is 24.4 Å². The van der Waals surface area contributed by atoms with Gasteiger partial charge in [-0.3, -0.25) is 9.89 Å². The van der Waals surface area contributed by atoms with E-state index in [2.05, 4.69) is 25.8 Å². The summed E-state index contributed by atoms with van der Waals surface area (Å²) in [4.78, 5) is 21.8. The van der Waals surface area contributed by atoms with E-state index in [1.807, 2.05) is 6.07 Å². The van der Waals surface area contributed by atoms with E-state index in [1.54, 1.807) is 48.9 Å². The molecule has 0 aliphatic rings. The van der Waals surface area contributed by atoms with E-state index in [1.165, 1.54) is 12.1 Å². The van der Waals surface area contributed by atoms with Gasteiger partial charge in [-0.05, 0) is 36.2 Å². The average Bonchev–Trinajstić information content (AvgIpc) is 3.39. The SMILES string of the molecule is NC(=O)C(c1cccnc1NCCO)c1ccc(-c2cn[nH]c2)nc1NCCc1cccc(F)c1. The van der Waals surface area contributed by atoms with Crippen LogP contribution in [-0.2, 0) is 11.2 Å². The number of H-pyrrole nitrogens is 1. The van der Waals surface area contributed by atoms with Crippen LogP contribution in [0.5, 0.6) is 0 Å². The first-order valence-corrected chi connectivity index (χ1v) is 11.1. The summed E-state index contributed by atoms with van der Waals surface area (Å²) in [5.41, 5.74) is 9.30. The minimum atomic E-state index is -0.854. The number of nitrogens with one attached hydrogen (secondary N) is 3. The van der Waals surface area contributed by atoms with Crippen LogP contribution in [0.4, 0.5) is 16.0 Å². The van der Waals surface area contributed by atoms with Crippen molar-refractivity contribution in [1.29, 1.82) is 0 Å². The molecular formula is C25H26FN7O2. The third-order valence-corrected chi connectivity index (χ3v) is 5.47. The Morgan fingerprint density at radius 3 is 2.66 bits per heavy atom. The van der Waals surface area contributed by atoms with Crippen LogP contribution in [0.3, 0.4) is 0 Å². The van der Waals surface area contributed by atoms with Crippen LogP contribution in [-0.4, -0.2) is 50.9 Å². The highest BCUT2D eigenvalue weighted by Gasteiger charge is 2.27. The third kappa shape index (κ3) is 5.79. The molecule has 0 saturated carbocycles. The van der Waals surface area contributed by atoms with E-state index in [4.69, 9.17) is 10.7 Å². The quantitative estimate of drug-likeness (QED) is 0.224. The molecule has 180 valence electrons. The van der Waals surface area contributed by atoms with Gasteiger partial charge in [-0.25, -0.2) is 14.4 Å². The number of hydrogen-bond donors (Lipinski definition) is 5. The average molecular weight is 476 g/mol. The molecule has 0 spiro atoms. The summed E-state index contributed by atoms with van der Waals surface area (Å²) >= 11 is 0. The lowest BCUT2D eigenvalue weighted by Gasteiger charge is -2.21. The molecule has 3 aromatic heterocycles. The molecule has 4 aromatic rings. The largest absolute Gasteiger partial charge is 0.395 e. The Bertz CT molecular complexity index is 1280. The summed E-state index contributed by atoms with van der Waals surface area (Å²) in [6.07, 6.45) is 5.52. The van der Waals surface area contributed by atoms with Gasteiger partial charge in [0.1, 0.15) is 17.5 Å². The minimum absolute atomic E-state index is 0.0922. The van der Waals surface area contributed by atoms with Crippen LogP contribution in [0.2, 0.25) is 0 Å². The topological polar surface area (TPSA) is 142 Å². The minimum Gasteiger partial charge on any atom is -0.395 e. The number of rotatable bonds is 11. The molecule has 10 heteroatoms. The summed E-state index contributed by atoms with van der Waals surface area (Å²) in [5, 5.41) is 22.3. The van der Waals surface area contributed by atoms with Gasteiger partial charge in [0.2, 0.25) is 5.91 Å². The lowest BCUT2D eigenvalue weighted by molar-refractivity contribution is -0.118. The van der Waals surface area contributed by atoms with Crippen molar-refractivity contribution in [3.63, 3.8) is 0 Å². The number of aliphatic hydroxyl groups is 1. The number of benzene rings is 1. The molecule has 1 unspecified atom stereocenters. The summed E-state index contributed by atoms with van der Waals surface area (Å²) in [6.45, 7) is 0.628. The first kappa shape index (κ1) is 23.8. The summed E-state index contributed by atoms with van der Waals surface area (Å²) in [7, 11) is 0. The fourth-order valence-electron chi connectivity index (χ4n) is 3.86. The highest BCUT2D eigenvalue weighted by atomic mass is 19.1. The molecule has 0 bridgehead atoms. The molecule has 6 N–H and O–H groups in total. The molecule has 1 atom stereocenters. The van der Waals surface area contributed by atoms with Gasteiger partial charge in [0, 0.05) is 42.2 Å². The standard InChI is InChI=1S/C25H26FN7O2/c26-18-4-1-3-16(13-18)8-10-29-25-20(6-7-21(33-25)17-14-31-32-15-17)22(23(27)35)19-5-2-9-28-24(19)30-11-12-34/h1-7,9,13-15,22,34H,8,10-12H2,(H2,27,35)(H,28,30)(H,29,33)(H,31,32). The Morgan fingerprint density at radius 2 is 1.91 bits per heavy atom. The van der Waals surface area contributed by atoms with E-state index in [-0.39, 0.29) is 19.0 Å². The number of anilines is 2. The van der Waals surface area contributed by atoms with Gasteiger partial charge in [-0.1, -0.05) is 24.3 Å². The van der Waals surface area contributed by atoms with Gasteiger partial charge in [0.15, 0.2) is 0 Å². The van der Waals surface area contributed by atoms with Crippen molar-refractivity contribution < 1.29 is 14.3 Å². The molecule has 1 amide bonds. The summed E-state index contributed by atoms with van der Waals surface area (Å²) < 4.78 is 13.6. The van der Waals surface area contributed by atoms with Crippen LogP contribution in [0, 0.1) is 5.82 Å². The lowest BCUT2D eigenvalue weighted by atomic mass is 9.90. The number of pyridine rings is 2. The molecule has 0 fully saturated rings. The number of carbonyl (C=O) groups is 1. The zero-order valence-corrected chi connectivity index (χ0v) is 18.9. The molecule has 0 radical (unpaired) electrons. The zero-order chi connectivity index (χ0) is 24.6. The predicted octanol–water partition coefficient (Wildman–Crippen LogP) is 2.68. The van der Waals surface area contributed by atoms with Crippen molar-refractivity contribution in [3.05, 3.63) is 89.6 Å². The fraction of sp³-hybridized carbons (Fsp3) is 0.200. The Morgan fingerprint density at radius 1 is 1.09 bits per heavy atom. The van der Waals surface area contributed by atoms with Crippen LogP contribution in [0.25, 0.3) is 11.3 Å². The monoisotopic (exact) mass is 475 g/mol. The van der Waals surface area contributed by atoms with E-state index >= 15 is 0 Å². The van der Waals surface area contributed by atoms with Gasteiger partial charge < -0.3 is 21.5 Å². The maximum absolute atomic E-state index is 13.6. The lowest BCUT2D eigenvalue weighted by Crippen LogP contribution is -2.25. The fourth-order valence-corrected chi connectivity index (χ4v) is 3.86. The predicted molar refractivity (Wildman–Crippen MR) is 131 cm³/mol. The Labute approximate surface area is 201 Å². The van der Waals surface area contributed by atoms with Crippen molar-refractivity contribution in [2.24, 2.45) is 5.73 Å². The Hall–Kier alpha value is -4.31. The van der Waals surface area contributed by atoms with E-state index < -0.39 is 11.8 Å². The van der Waals surface area contributed by atoms with Gasteiger partial charge in [-0.2, -0.15) is 5.10 Å². The van der Waals surface area contributed by atoms with E-state index in [0.29, 0.717) is 41.4 Å². The second kappa shape index (κ2) is 11.2. The Kier molecular flexibility index (Phi) is 7.63. The molecule has 35 heavy (non-hydrogen) atoms. The number of carbonyl (C=O) groups excluding carboxylic acids is 1. The molecule has 1 aromatic carbocycles. The van der Waals surface area contributed by atoms with Crippen molar-refractivity contribution in [3.8, 4) is 11.3 Å². The van der Waals surface area contributed by atoms with Crippen molar-refractivity contribution >= 4 is 17.5 Å². The van der Waals surface area contributed by atoms with Crippen molar-refractivity contribution in [2.45, 2.75) is 12.3 Å². The second-order valence-corrected chi connectivity index (χ2v) is 7.86. The van der Waals surface area contributed by atoms with Gasteiger partial charge in [0.25, 0.3) is 0 Å². The summed E-state index contributed by atoms with van der Waals surface area (Å²) in [5.74, 6) is -0.795. The normalized spacial score (nSPS) is 11.7. The van der Waals surface area contributed by atoms with Crippen LogP contribution >= 0.6 is 0 Å². The molecule has 3 heterocycles. The number of nitrogens with two attached hydrogens (primary N) is 1. The number of nitrogens with zero attached hydrogens (tertiary/aromatic N) is 3. The summed E-state index contributed by atoms with van der Waals surface area (Å²) in [6, 6.07) is 13.5. The van der Waals surface area contributed by atoms with Gasteiger partial charge >= 0.3 is 0 Å². The number of hydrogen-bond acceptors (Lipinski definition) is 7. The van der Waals surface area contributed by atoms with Crippen LogP contribution in [0.1, 0.15) is 22.6 Å². The second-order valence-electron chi connectivity index (χ2n) is 7.86. The molecular weight excluding hydrogens is 449 g/mol. The van der Waals surface area contributed by atoms with Crippen LogP contribution < -0.4 is 16.4 Å². The highest BCUT2D eigenvalue weighted by Crippen LogP contribution is 2.34. The molecule has 0 saturated heterocycles. The number of aliphatic hydroxyl groups excluding tert-OH is 1. The van der Waals surface area contributed by atoms with E-state index in [9.17, 15) is 14.3 Å². The first-order chi connectivity index (χ1) is 17.1. The number of primary amides is 1. The smallest absolute Gasteiger partial charge is 0.229 e. The molecule has 9 nitrogen and oxygen atoms in total. The molecule has 0 aliphatic carbocycles. The maximum Gasteiger partial charge on any atom is 0.229 e. The number of aromatic amines is 1. The third-order valence-electron chi connectivity index (χ3n) is 5.47. The number of halogens is 1. The van der Waals surface area contributed by atoms with Crippen molar-refractivity contribution in [2.75, 3.05) is 30.3 Å². The van der Waals surface area contributed by atoms with Crippen molar-refractivity contribution in [1.82, 2.24) is 20.2 Å². The van der Waals surface area contributed by atoms with Crippen LogP contribution in [0.15, 0.2) is 67.1 Å². The molecule has 0 aliphatic heterocycles. The maximum atomic E-state index is 13.6. The highest BCUT2D eigenvalue weighted by molar-refractivity contribution is 5.89. The van der Waals surface area contributed by atoms with Gasteiger partial charge in [-0.15, -0.1) is 0 Å². The number of aromatic nitrogens is 4. The zero-order valence-electron chi connectivity index (χ0n) is 18.9. The van der Waals surface area contributed by atoms with E-state index in [0.717, 1.165) is 11.1 Å². The molecule has 4 rings (SSSR count). The Balaban J connectivity index is 1.71. The first-order valence-electron chi connectivity index (χ1n) is 11.1. The number of amides is 1.